The highest BCUT2D eigenvalue weighted by Crippen LogP contribution is 2.27. The van der Waals surface area contributed by atoms with Gasteiger partial charge in [-0.05, 0) is 61.0 Å². The zero-order valence-corrected chi connectivity index (χ0v) is 13.9. The number of rotatable bonds is 7. The van der Waals surface area contributed by atoms with E-state index in [2.05, 4.69) is 10.1 Å². The lowest BCUT2D eigenvalue weighted by Gasteiger charge is -2.03. The third-order valence-corrected chi connectivity index (χ3v) is 4.40. The first-order chi connectivity index (χ1) is 11.8. The average molecular weight is 343 g/mol. The topological polar surface area (TPSA) is 64.9 Å². The van der Waals surface area contributed by atoms with Gasteiger partial charge in [-0.2, -0.15) is 4.98 Å². The van der Waals surface area contributed by atoms with E-state index >= 15 is 0 Å². The number of allylic oxidation sites excluding steroid dienone is 1. The van der Waals surface area contributed by atoms with Crippen LogP contribution in [0.5, 0.6) is 0 Å². The summed E-state index contributed by atoms with van der Waals surface area (Å²) in [5.74, 6) is 0.776. The molecule has 0 saturated carbocycles. The number of hydrogen-bond acceptors (Lipinski definition) is 5. The maximum absolute atomic E-state index is 13.4. The van der Waals surface area contributed by atoms with Crippen molar-refractivity contribution in [2.45, 2.75) is 19.3 Å². The number of aromatic nitrogens is 2. The van der Waals surface area contributed by atoms with Crippen LogP contribution in [-0.2, 0) is 0 Å². The number of nitrogens with zero attached hydrogens (tertiary/aromatic N) is 2. The Morgan fingerprint density at radius 2 is 2.17 bits per heavy atom. The Balaban J connectivity index is 1.89. The Bertz CT molecular complexity index is 811. The summed E-state index contributed by atoms with van der Waals surface area (Å²) in [6.07, 6.45) is 4.46. The summed E-state index contributed by atoms with van der Waals surface area (Å²) in [5.41, 5.74) is 7.24. The van der Waals surface area contributed by atoms with Crippen LogP contribution in [0.2, 0.25) is 0 Å². The van der Waals surface area contributed by atoms with Gasteiger partial charge in [0.15, 0.2) is 0 Å². The van der Waals surface area contributed by atoms with Gasteiger partial charge in [0.05, 0.1) is 4.88 Å². The highest BCUT2D eigenvalue weighted by Gasteiger charge is 2.13. The van der Waals surface area contributed by atoms with E-state index in [1.54, 1.807) is 17.4 Å². The van der Waals surface area contributed by atoms with Gasteiger partial charge in [-0.15, -0.1) is 11.3 Å². The Morgan fingerprint density at radius 1 is 1.25 bits per heavy atom. The second-order valence-electron chi connectivity index (χ2n) is 5.37. The van der Waals surface area contributed by atoms with Gasteiger partial charge in [-0.3, -0.25) is 0 Å². The smallest absolute Gasteiger partial charge is 0.254 e. The number of benzene rings is 1. The van der Waals surface area contributed by atoms with Gasteiger partial charge in [0, 0.05) is 5.57 Å². The van der Waals surface area contributed by atoms with Crippen LogP contribution in [0.3, 0.4) is 0 Å². The number of halogens is 1. The zero-order valence-electron chi connectivity index (χ0n) is 13.1. The van der Waals surface area contributed by atoms with Crippen molar-refractivity contribution in [3.63, 3.8) is 0 Å². The molecule has 2 heterocycles. The Hall–Kier alpha value is -2.31. The molecule has 0 aliphatic heterocycles. The third kappa shape index (κ3) is 4.15. The summed E-state index contributed by atoms with van der Waals surface area (Å²) < 4.78 is 18.9. The zero-order chi connectivity index (χ0) is 16.8. The minimum Gasteiger partial charge on any atom is -0.334 e. The highest BCUT2D eigenvalue weighted by molar-refractivity contribution is 7.13. The quantitative estimate of drug-likeness (QED) is 0.636. The standard InChI is InChI=1S/C18H18FN3OS/c19-15-7-3-5-13(12-15)11-14(6-1-2-9-20)18-21-17(22-23-18)16-8-4-10-24-16/h3-5,7-8,10-12H,1-2,6,9,20H2/b14-11+. The molecule has 0 atom stereocenters. The molecule has 2 aromatic heterocycles. The predicted octanol–water partition coefficient (Wildman–Crippen LogP) is 4.61. The van der Waals surface area contributed by atoms with E-state index in [1.807, 2.05) is 29.7 Å². The molecule has 0 unspecified atom stereocenters. The lowest BCUT2D eigenvalue weighted by Crippen LogP contribution is -1.98. The summed E-state index contributed by atoms with van der Waals surface area (Å²) in [4.78, 5) is 5.45. The molecule has 1 aromatic carbocycles. The van der Waals surface area contributed by atoms with Gasteiger partial charge in [0.25, 0.3) is 5.89 Å². The monoisotopic (exact) mass is 343 g/mol. The number of hydrogen-bond donors (Lipinski definition) is 1. The lowest BCUT2D eigenvalue weighted by molar-refractivity contribution is 0.407. The molecule has 3 aromatic rings. The minimum atomic E-state index is -0.269. The molecule has 24 heavy (non-hydrogen) atoms. The number of thiophene rings is 1. The van der Waals surface area contributed by atoms with Crippen LogP contribution in [0.1, 0.15) is 30.7 Å². The van der Waals surface area contributed by atoms with Crippen molar-refractivity contribution in [1.29, 1.82) is 0 Å². The maximum Gasteiger partial charge on any atom is 0.254 e. The van der Waals surface area contributed by atoms with Crippen LogP contribution in [0.25, 0.3) is 22.4 Å². The SMILES string of the molecule is NCCCC/C(=C\c1cccc(F)c1)c1nc(-c2cccs2)no1. The number of nitrogens with two attached hydrogens (primary N) is 1. The van der Waals surface area contributed by atoms with Crippen LogP contribution in [0.4, 0.5) is 4.39 Å². The summed E-state index contributed by atoms with van der Waals surface area (Å²) >= 11 is 1.56. The minimum absolute atomic E-state index is 0.269. The fourth-order valence-corrected chi connectivity index (χ4v) is 3.01. The van der Waals surface area contributed by atoms with E-state index in [1.165, 1.54) is 12.1 Å². The van der Waals surface area contributed by atoms with Crippen LogP contribution >= 0.6 is 11.3 Å². The van der Waals surface area contributed by atoms with Crippen LogP contribution < -0.4 is 5.73 Å². The second kappa shape index (κ2) is 7.99. The van der Waals surface area contributed by atoms with E-state index in [-0.39, 0.29) is 5.82 Å². The fourth-order valence-electron chi connectivity index (χ4n) is 2.36. The van der Waals surface area contributed by atoms with Gasteiger partial charge in [-0.25, -0.2) is 4.39 Å². The molecule has 0 radical (unpaired) electrons. The Labute approximate surface area is 143 Å². The van der Waals surface area contributed by atoms with Crippen molar-refractivity contribution in [1.82, 2.24) is 10.1 Å². The van der Waals surface area contributed by atoms with Crippen molar-refractivity contribution in [3.8, 4) is 10.7 Å². The van der Waals surface area contributed by atoms with E-state index in [4.69, 9.17) is 10.3 Å². The molecule has 4 nitrogen and oxygen atoms in total. The van der Waals surface area contributed by atoms with E-state index in [9.17, 15) is 4.39 Å². The van der Waals surface area contributed by atoms with Gasteiger partial charge in [0.1, 0.15) is 5.82 Å². The summed E-state index contributed by atoms with van der Waals surface area (Å²) in [6.45, 7) is 0.636. The molecule has 0 fully saturated rings. The molecular formula is C18H18FN3OS. The maximum atomic E-state index is 13.4. The first kappa shape index (κ1) is 16.5. The molecule has 0 aliphatic carbocycles. The molecular weight excluding hydrogens is 325 g/mol. The summed E-state index contributed by atoms with van der Waals surface area (Å²) in [5, 5.41) is 6.02. The van der Waals surface area contributed by atoms with Gasteiger partial charge >= 0.3 is 0 Å². The van der Waals surface area contributed by atoms with Gasteiger partial charge in [0.2, 0.25) is 5.82 Å². The molecule has 2 N–H and O–H groups in total. The Kier molecular flexibility index (Phi) is 5.51. The molecule has 0 spiro atoms. The average Bonchev–Trinajstić information content (AvgIpc) is 3.25. The van der Waals surface area contributed by atoms with E-state index in [0.717, 1.165) is 35.3 Å². The summed E-state index contributed by atoms with van der Waals surface area (Å²) in [6, 6.07) is 10.3. The van der Waals surface area contributed by atoms with E-state index in [0.29, 0.717) is 18.3 Å². The van der Waals surface area contributed by atoms with Crippen molar-refractivity contribution in [2.75, 3.05) is 6.54 Å². The van der Waals surface area contributed by atoms with Crippen LogP contribution in [-0.4, -0.2) is 16.7 Å². The molecule has 6 heteroatoms. The molecule has 0 bridgehead atoms. The fraction of sp³-hybridized carbons (Fsp3) is 0.222. The summed E-state index contributed by atoms with van der Waals surface area (Å²) in [7, 11) is 0. The van der Waals surface area contributed by atoms with Crippen molar-refractivity contribution in [2.24, 2.45) is 5.73 Å². The molecule has 0 amide bonds. The second-order valence-corrected chi connectivity index (χ2v) is 6.32. The van der Waals surface area contributed by atoms with Gasteiger partial charge in [-0.1, -0.05) is 23.4 Å². The normalized spacial score (nSPS) is 11.8. The largest absolute Gasteiger partial charge is 0.334 e. The first-order valence-electron chi connectivity index (χ1n) is 7.80. The third-order valence-electron chi connectivity index (χ3n) is 3.53. The lowest BCUT2D eigenvalue weighted by atomic mass is 10.0. The molecule has 0 saturated heterocycles. The first-order valence-corrected chi connectivity index (χ1v) is 8.68. The highest BCUT2D eigenvalue weighted by atomic mass is 32.1. The van der Waals surface area contributed by atoms with Crippen molar-refractivity contribution >= 4 is 23.0 Å². The van der Waals surface area contributed by atoms with Crippen molar-refractivity contribution < 1.29 is 8.91 Å². The van der Waals surface area contributed by atoms with Crippen LogP contribution in [0.15, 0.2) is 46.3 Å². The van der Waals surface area contributed by atoms with Gasteiger partial charge < -0.3 is 10.3 Å². The molecule has 124 valence electrons. The van der Waals surface area contributed by atoms with E-state index < -0.39 is 0 Å². The Morgan fingerprint density at radius 3 is 2.92 bits per heavy atom. The number of unbranched alkanes of at least 4 members (excludes halogenated alkanes) is 1. The van der Waals surface area contributed by atoms with Crippen LogP contribution in [0, 0.1) is 5.82 Å². The van der Waals surface area contributed by atoms with Crippen molar-refractivity contribution in [3.05, 3.63) is 59.0 Å². The molecule has 0 aliphatic rings. The predicted molar refractivity (Wildman–Crippen MR) is 94.8 cm³/mol. The molecule has 3 rings (SSSR count).